The van der Waals surface area contributed by atoms with Gasteiger partial charge in [-0.15, -0.1) is 0 Å². The van der Waals surface area contributed by atoms with E-state index in [1.807, 2.05) is 24.3 Å². The highest BCUT2D eigenvalue weighted by atomic mass is 16.6. The zero-order valence-corrected chi connectivity index (χ0v) is 21.6. The molecule has 3 aliphatic rings. The summed E-state index contributed by atoms with van der Waals surface area (Å²) < 4.78 is 28.2. The molecule has 0 radical (unpaired) electrons. The Kier molecular flexibility index (Phi) is 9.67. The summed E-state index contributed by atoms with van der Waals surface area (Å²) in [6, 6.07) is 7.48. The molecule has 2 aliphatic heterocycles. The summed E-state index contributed by atoms with van der Waals surface area (Å²) in [6.07, 6.45) is 8.44. The Bertz CT molecular complexity index is 909. The summed E-state index contributed by atoms with van der Waals surface area (Å²) in [4.78, 5) is 15.1. The number of methoxy groups -OCH3 is 1. The topological polar surface area (TPSA) is 78.5 Å². The van der Waals surface area contributed by atoms with Gasteiger partial charge in [0.2, 0.25) is 5.91 Å². The number of fused-ring (bicyclic) bond motifs is 1. The average molecular weight is 501 g/mol. The van der Waals surface area contributed by atoms with Gasteiger partial charge in [0, 0.05) is 32.1 Å². The van der Waals surface area contributed by atoms with E-state index in [2.05, 4.69) is 29.3 Å². The predicted molar refractivity (Wildman–Crippen MR) is 137 cm³/mol. The maximum atomic E-state index is 12.7. The van der Waals surface area contributed by atoms with Crippen LogP contribution in [0.4, 0.5) is 0 Å². The number of carbonyl (C=O) groups is 1. The molecule has 0 saturated carbocycles. The van der Waals surface area contributed by atoms with Crippen molar-refractivity contribution in [2.24, 2.45) is 0 Å². The molecule has 8 heteroatoms. The van der Waals surface area contributed by atoms with Crippen LogP contribution in [0.25, 0.3) is 0 Å². The van der Waals surface area contributed by atoms with Gasteiger partial charge in [-0.05, 0) is 62.1 Å². The molecule has 1 unspecified atom stereocenters. The van der Waals surface area contributed by atoms with Crippen molar-refractivity contribution in [2.75, 3.05) is 59.8 Å². The standard InChI is InChI=1S/C28H40N2O6/c1-28-12-10-22(20-26(28)35-18-19-36-28)4-3-5-23(21-30-13-16-33-17-14-30)29-27(31)11-15-34-25-8-6-24(32-2)7-9-25/h6-10,20,23H,3-5,11-19,21H2,1-2H3,(H,29,31)/t23-,28?/m0/s1. The number of amides is 1. The lowest BCUT2D eigenvalue weighted by atomic mass is 9.89. The Morgan fingerprint density at radius 3 is 2.69 bits per heavy atom. The summed E-state index contributed by atoms with van der Waals surface area (Å²) in [7, 11) is 1.63. The summed E-state index contributed by atoms with van der Waals surface area (Å²) in [5.41, 5.74) is 0.972. The fourth-order valence-electron chi connectivity index (χ4n) is 4.81. The molecule has 4 rings (SSSR count). The van der Waals surface area contributed by atoms with Gasteiger partial charge in [0.25, 0.3) is 0 Å². The van der Waals surface area contributed by atoms with E-state index < -0.39 is 0 Å². The van der Waals surface area contributed by atoms with Gasteiger partial charge >= 0.3 is 0 Å². The third-order valence-electron chi connectivity index (χ3n) is 6.98. The van der Waals surface area contributed by atoms with Gasteiger partial charge in [0.15, 0.2) is 0 Å². The van der Waals surface area contributed by atoms with Crippen molar-refractivity contribution in [1.82, 2.24) is 10.2 Å². The maximum absolute atomic E-state index is 12.7. The molecule has 1 aromatic rings. The van der Waals surface area contributed by atoms with Crippen molar-refractivity contribution in [2.45, 2.75) is 50.7 Å². The third kappa shape index (κ3) is 7.72. The molecular weight excluding hydrogens is 460 g/mol. The normalized spacial score (nSPS) is 22.9. The van der Waals surface area contributed by atoms with Crippen molar-refractivity contribution < 1.29 is 28.5 Å². The number of ether oxygens (including phenoxy) is 5. The zero-order chi connectivity index (χ0) is 25.2. The number of hydrogen-bond donors (Lipinski definition) is 1. The summed E-state index contributed by atoms with van der Waals surface area (Å²) >= 11 is 0. The fraction of sp³-hybridized carbons (Fsp3) is 0.607. The SMILES string of the molecule is COc1ccc(OCCC(=O)N[C@@H](CCCC2=CCC3(C)OCCOC3=C2)CN2CCOCC2)cc1. The number of nitrogens with one attached hydrogen (secondary N) is 1. The smallest absolute Gasteiger partial charge is 0.223 e. The molecule has 1 N–H and O–H groups in total. The van der Waals surface area contributed by atoms with Gasteiger partial charge in [-0.2, -0.15) is 0 Å². The number of benzene rings is 1. The molecule has 0 bridgehead atoms. The Morgan fingerprint density at radius 2 is 1.92 bits per heavy atom. The third-order valence-corrected chi connectivity index (χ3v) is 6.98. The molecule has 2 atom stereocenters. The van der Waals surface area contributed by atoms with Gasteiger partial charge in [0.1, 0.15) is 29.5 Å². The van der Waals surface area contributed by atoms with Crippen molar-refractivity contribution in [3.05, 3.63) is 47.7 Å². The van der Waals surface area contributed by atoms with Crippen LogP contribution in [0.5, 0.6) is 11.5 Å². The number of hydrogen-bond acceptors (Lipinski definition) is 7. The molecule has 2 heterocycles. The minimum Gasteiger partial charge on any atom is -0.497 e. The summed E-state index contributed by atoms with van der Waals surface area (Å²) in [6.45, 7) is 7.83. The molecule has 36 heavy (non-hydrogen) atoms. The highest BCUT2D eigenvalue weighted by Crippen LogP contribution is 2.35. The van der Waals surface area contributed by atoms with Crippen LogP contribution in [-0.2, 0) is 19.0 Å². The Balaban J connectivity index is 1.24. The van der Waals surface area contributed by atoms with E-state index in [4.69, 9.17) is 23.7 Å². The number of rotatable bonds is 12. The van der Waals surface area contributed by atoms with E-state index in [9.17, 15) is 4.79 Å². The molecule has 198 valence electrons. The van der Waals surface area contributed by atoms with Crippen molar-refractivity contribution in [3.63, 3.8) is 0 Å². The molecule has 1 amide bonds. The van der Waals surface area contributed by atoms with E-state index in [0.717, 1.165) is 75.8 Å². The first-order chi connectivity index (χ1) is 17.5. The Hall–Kier alpha value is -2.55. The van der Waals surface area contributed by atoms with Crippen LogP contribution in [0.1, 0.15) is 39.0 Å². The van der Waals surface area contributed by atoms with Gasteiger partial charge in [-0.25, -0.2) is 0 Å². The van der Waals surface area contributed by atoms with E-state index in [0.29, 0.717) is 26.2 Å². The van der Waals surface area contributed by atoms with Crippen LogP contribution in [0, 0.1) is 0 Å². The maximum Gasteiger partial charge on any atom is 0.223 e. The highest BCUT2D eigenvalue weighted by Gasteiger charge is 2.36. The lowest BCUT2D eigenvalue weighted by Crippen LogP contribution is -2.47. The van der Waals surface area contributed by atoms with Gasteiger partial charge < -0.3 is 29.0 Å². The number of morpholine rings is 1. The van der Waals surface area contributed by atoms with E-state index >= 15 is 0 Å². The second-order valence-electron chi connectivity index (χ2n) is 9.76. The lowest BCUT2D eigenvalue weighted by molar-refractivity contribution is -0.122. The second kappa shape index (κ2) is 13.1. The Morgan fingerprint density at radius 1 is 1.14 bits per heavy atom. The zero-order valence-electron chi connectivity index (χ0n) is 21.6. The summed E-state index contributed by atoms with van der Waals surface area (Å²) in [5.74, 6) is 2.47. The van der Waals surface area contributed by atoms with Crippen molar-refractivity contribution in [1.29, 1.82) is 0 Å². The first kappa shape index (κ1) is 26.5. The van der Waals surface area contributed by atoms with Crippen molar-refractivity contribution in [3.8, 4) is 11.5 Å². The molecule has 2 fully saturated rings. The molecule has 8 nitrogen and oxygen atoms in total. The van der Waals surface area contributed by atoms with Crippen LogP contribution >= 0.6 is 0 Å². The minimum absolute atomic E-state index is 0.0179. The number of allylic oxidation sites excluding steroid dienone is 2. The predicted octanol–water partition coefficient (Wildman–Crippen LogP) is 3.47. The number of nitrogens with zero attached hydrogens (tertiary/aromatic N) is 1. The van der Waals surface area contributed by atoms with Crippen LogP contribution < -0.4 is 14.8 Å². The van der Waals surface area contributed by atoms with Gasteiger partial charge in [-0.1, -0.05) is 6.08 Å². The second-order valence-corrected chi connectivity index (χ2v) is 9.76. The first-order valence-electron chi connectivity index (χ1n) is 13.1. The van der Waals surface area contributed by atoms with Crippen LogP contribution in [0.15, 0.2) is 47.7 Å². The molecule has 2 saturated heterocycles. The quantitative estimate of drug-likeness (QED) is 0.471. The van der Waals surface area contributed by atoms with Crippen LogP contribution in [0.3, 0.4) is 0 Å². The summed E-state index contributed by atoms with van der Waals surface area (Å²) in [5, 5.41) is 3.26. The van der Waals surface area contributed by atoms with E-state index in [1.54, 1.807) is 7.11 Å². The lowest BCUT2D eigenvalue weighted by Gasteiger charge is -2.38. The van der Waals surface area contributed by atoms with Gasteiger partial charge in [-0.3, -0.25) is 9.69 Å². The van der Waals surface area contributed by atoms with E-state index in [-0.39, 0.29) is 17.6 Å². The monoisotopic (exact) mass is 500 g/mol. The highest BCUT2D eigenvalue weighted by molar-refractivity contribution is 5.76. The van der Waals surface area contributed by atoms with E-state index in [1.165, 1.54) is 5.57 Å². The molecule has 0 aromatic heterocycles. The number of carbonyl (C=O) groups excluding carboxylic acids is 1. The average Bonchev–Trinajstić information content (AvgIpc) is 2.89. The molecular formula is C28H40N2O6. The fourth-order valence-corrected chi connectivity index (χ4v) is 4.81. The first-order valence-corrected chi connectivity index (χ1v) is 13.1. The minimum atomic E-state index is -0.317. The van der Waals surface area contributed by atoms with Crippen LogP contribution in [0.2, 0.25) is 0 Å². The van der Waals surface area contributed by atoms with Crippen molar-refractivity contribution >= 4 is 5.91 Å². The van der Waals surface area contributed by atoms with Gasteiger partial charge in [0.05, 0.1) is 40.0 Å². The Labute approximate surface area is 214 Å². The largest absolute Gasteiger partial charge is 0.497 e. The van der Waals surface area contributed by atoms with Crippen LogP contribution in [-0.4, -0.2) is 82.2 Å². The molecule has 1 aromatic carbocycles. The molecule has 1 aliphatic carbocycles. The molecule has 0 spiro atoms.